The van der Waals surface area contributed by atoms with Crippen molar-refractivity contribution in [2.24, 2.45) is 11.8 Å². The Kier molecular flexibility index (Phi) is 5.94. The molecule has 3 aromatic rings. The van der Waals surface area contributed by atoms with Crippen LogP contribution >= 0.6 is 0 Å². The lowest BCUT2D eigenvalue weighted by Gasteiger charge is -2.21. The Morgan fingerprint density at radius 3 is 2.54 bits per heavy atom. The molecular weight excluding hydrogens is 463 g/mol. The Hall–Kier alpha value is -3.50. The molecule has 0 bridgehead atoms. The van der Waals surface area contributed by atoms with Gasteiger partial charge >= 0.3 is 12.1 Å². The third-order valence-corrected chi connectivity index (χ3v) is 6.88. The van der Waals surface area contributed by atoms with Crippen molar-refractivity contribution in [3.8, 4) is 0 Å². The van der Waals surface area contributed by atoms with Crippen LogP contribution < -0.4 is 0 Å². The summed E-state index contributed by atoms with van der Waals surface area (Å²) in [5.74, 6) is -0.219. The summed E-state index contributed by atoms with van der Waals surface area (Å²) in [4.78, 5) is 34.1. The maximum absolute atomic E-state index is 13.5. The lowest BCUT2D eigenvalue weighted by molar-refractivity contribution is -0.141. The monoisotopic (exact) mass is 487 g/mol. The van der Waals surface area contributed by atoms with Gasteiger partial charge in [0.2, 0.25) is 5.82 Å². The zero-order valence-electron chi connectivity index (χ0n) is 19.0. The van der Waals surface area contributed by atoms with Crippen molar-refractivity contribution in [3.05, 3.63) is 59.2 Å². The van der Waals surface area contributed by atoms with Gasteiger partial charge in [0.15, 0.2) is 0 Å². The number of hydrogen-bond donors (Lipinski definition) is 0. The van der Waals surface area contributed by atoms with Gasteiger partial charge in [-0.3, -0.25) is 9.59 Å². The third kappa shape index (κ3) is 4.71. The van der Waals surface area contributed by atoms with E-state index in [1.165, 1.54) is 17.5 Å². The molecule has 184 valence electrons. The average molecular weight is 487 g/mol. The summed E-state index contributed by atoms with van der Waals surface area (Å²) in [6.07, 6.45) is 0.609. The summed E-state index contributed by atoms with van der Waals surface area (Å²) in [6, 6.07) is 5.79. The predicted octanol–water partition coefficient (Wildman–Crippen LogP) is 3.51. The van der Waals surface area contributed by atoms with E-state index in [9.17, 15) is 22.8 Å². The first-order valence-corrected chi connectivity index (χ1v) is 11.5. The van der Waals surface area contributed by atoms with E-state index in [4.69, 9.17) is 4.74 Å². The average Bonchev–Trinajstić information content (AvgIpc) is 3.50. The molecule has 5 rings (SSSR count). The van der Waals surface area contributed by atoms with Crippen LogP contribution in [0.1, 0.15) is 53.0 Å². The van der Waals surface area contributed by atoms with Crippen LogP contribution in [0, 0.1) is 11.8 Å². The third-order valence-electron chi connectivity index (χ3n) is 6.88. The van der Waals surface area contributed by atoms with Crippen LogP contribution in [0.25, 0.3) is 5.78 Å². The molecule has 2 aromatic heterocycles. The Balaban J connectivity index is 1.24. The second kappa shape index (κ2) is 8.94. The molecule has 0 spiro atoms. The molecule has 1 aliphatic carbocycles. The van der Waals surface area contributed by atoms with E-state index in [-0.39, 0.29) is 47.8 Å². The van der Waals surface area contributed by atoms with E-state index in [1.54, 1.807) is 29.4 Å². The molecule has 3 heterocycles. The first-order valence-electron chi connectivity index (χ1n) is 11.5. The van der Waals surface area contributed by atoms with Crippen LogP contribution in [0.5, 0.6) is 0 Å². The summed E-state index contributed by atoms with van der Waals surface area (Å²) >= 11 is 0. The smallest absolute Gasteiger partial charge is 0.416 e. The molecule has 1 aromatic carbocycles. The Labute approximate surface area is 199 Å². The molecule has 1 amide bonds. The summed E-state index contributed by atoms with van der Waals surface area (Å²) in [7, 11) is 0. The fraction of sp³-hybridized carbons (Fsp3) is 0.458. The van der Waals surface area contributed by atoms with E-state index in [0.29, 0.717) is 37.9 Å². The van der Waals surface area contributed by atoms with Gasteiger partial charge in [-0.2, -0.15) is 18.2 Å². The van der Waals surface area contributed by atoms with E-state index >= 15 is 0 Å². The second-order valence-electron chi connectivity index (χ2n) is 9.22. The summed E-state index contributed by atoms with van der Waals surface area (Å²) in [5, 5.41) is 4.28. The largest absolute Gasteiger partial charge is 0.466 e. The van der Waals surface area contributed by atoms with Crippen LogP contribution in [-0.4, -0.2) is 56.1 Å². The number of amides is 1. The van der Waals surface area contributed by atoms with Gasteiger partial charge in [0.05, 0.1) is 12.2 Å². The van der Waals surface area contributed by atoms with Crippen molar-refractivity contribution < 1.29 is 27.5 Å². The molecule has 0 N–H and O–H groups in total. The van der Waals surface area contributed by atoms with Crippen molar-refractivity contribution in [1.29, 1.82) is 0 Å². The van der Waals surface area contributed by atoms with Gasteiger partial charge in [-0.15, -0.1) is 5.10 Å². The van der Waals surface area contributed by atoms with Crippen LogP contribution in [0.3, 0.4) is 0 Å². The number of nitrogens with zero attached hydrogens (tertiary/aromatic N) is 5. The summed E-state index contributed by atoms with van der Waals surface area (Å²) in [5.41, 5.74) is 0.569. The van der Waals surface area contributed by atoms with E-state index in [1.807, 2.05) is 0 Å². The van der Waals surface area contributed by atoms with Gasteiger partial charge in [0.25, 0.3) is 11.7 Å². The van der Waals surface area contributed by atoms with Gasteiger partial charge in [-0.1, -0.05) is 18.2 Å². The molecule has 2 fully saturated rings. The molecule has 35 heavy (non-hydrogen) atoms. The number of carbonyl (C=O) groups is 2. The van der Waals surface area contributed by atoms with E-state index < -0.39 is 11.7 Å². The maximum Gasteiger partial charge on any atom is 0.416 e. The summed E-state index contributed by atoms with van der Waals surface area (Å²) in [6.45, 7) is 2.51. The van der Waals surface area contributed by atoms with Gasteiger partial charge in [0, 0.05) is 38.8 Å². The number of esters is 1. The van der Waals surface area contributed by atoms with Gasteiger partial charge in [-0.25, -0.2) is 9.50 Å². The summed E-state index contributed by atoms with van der Waals surface area (Å²) < 4.78 is 46.7. The minimum Gasteiger partial charge on any atom is -0.466 e. The molecule has 11 heteroatoms. The first kappa shape index (κ1) is 23.3. The normalized spacial score (nSPS) is 21.9. The quantitative estimate of drug-likeness (QED) is 0.512. The molecular formula is C24H24F3N5O3. The topological polar surface area (TPSA) is 89.7 Å². The van der Waals surface area contributed by atoms with Crippen molar-refractivity contribution in [2.45, 2.75) is 38.3 Å². The number of hydrogen-bond acceptors (Lipinski definition) is 6. The Morgan fingerprint density at radius 1 is 1.14 bits per heavy atom. The number of fused-ring (bicyclic) bond motifs is 2. The molecule has 0 radical (unpaired) electrons. The lowest BCUT2D eigenvalue weighted by Crippen LogP contribution is -2.30. The lowest BCUT2D eigenvalue weighted by atomic mass is 9.91. The molecule has 1 aliphatic heterocycles. The number of carbonyl (C=O) groups excluding carboxylic acids is 2. The van der Waals surface area contributed by atoms with Gasteiger partial charge < -0.3 is 9.64 Å². The predicted molar refractivity (Wildman–Crippen MR) is 117 cm³/mol. The van der Waals surface area contributed by atoms with Crippen molar-refractivity contribution >= 4 is 17.7 Å². The highest BCUT2D eigenvalue weighted by Gasteiger charge is 2.45. The van der Waals surface area contributed by atoms with Crippen LogP contribution in [0.15, 0.2) is 36.7 Å². The van der Waals surface area contributed by atoms with Crippen molar-refractivity contribution in [2.75, 3.05) is 19.7 Å². The number of benzene rings is 1. The second-order valence-corrected chi connectivity index (χ2v) is 9.22. The Morgan fingerprint density at radius 2 is 1.86 bits per heavy atom. The zero-order chi connectivity index (χ0) is 24.7. The molecule has 8 nitrogen and oxygen atoms in total. The Bertz CT molecular complexity index is 1260. The molecule has 0 unspecified atom stereocenters. The maximum atomic E-state index is 13.5. The highest BCUT2D eigenvalue weighted by molar-refractivity contribution is 5.91. The molecule has 1 saturated heterocycles. The van der Waals surface area contributed by atoms with E-state index in [0.717, 1.165) is 11.6 Å². The highest BCUT2D eigenvalue weighted by atomic mass is 19.4. The van der Waals surface area contributed by atoms with Gasteiger partial charge in [0.1, 0.15) is 0 Å². The molecule has 2 aliphatic rings. The number of aromatic nitrogens is 4. The molecule has 1 saturated carbocycles. The van der Waals surface area contributed by atoms with Crippen LogP contribution in [0.2, 0.25) is 0 Å². The van der Waals surface area contributed by atoms with Crippen molar-refractivity contribution in [1.82, 2.24) is 24.5 Å². The number of ether oxygens (including phenoxy) is 1. The van der Waals surface area contributed by atoms with Gasteiger partial charge in [-0.05, 0) is 47.8 Å². The fourth-order valence-electron chi connectivity index (χ4n) is 5.33. The zero-order valence-corrected chi connectivity index (χ0v) is 19.0. The molecule has 3 atom stereocenters. The van der Waals surface area contributed by atoms with E-state index in [2.05, 4.69) is 15.1 Å². The number of alkyl halides is 3. The van der Waals surface area contributed by atoms with Crippen LogP contribution in [0.4, 0.5) is 13.2 Å². The number of likely N-dealkylation sites (tertiary alicyclic amines) is 1. The standard InChI is InChI=1S/C24H24F3N5O3/c1-14(33)35-7-6-15-10-28-23-29-21(30-32(23)11-15)22(34)31-12-17-8-16(9-18(17)13-31)19-4-2-3-5-20(19)24(25,26)27/h2-5,10-11,16-18H,6-9,12-13H2,1H3/t16-,17-,18+. The fourth-order valence-corrected chi connectivity index (χ4v) is 5.33. The van der Waals surface area contributed by atoms with Crippen molar-refractivity contribution in [3.63, 3.8) is 0 Å². The first-order chi connectivity index (χ1) is 16.7. The SMILES string of the molecule is CC(=O)OCCc1cnc2nc(C(=O)N3C[C@H]4C[C@@H](c5ccccc5C(F)(F)F)C[C@H]4C3)nn2c1. The van der Waals surface area contributed by atoms with Crippen LogP contribution in [-0.2, 0) is 22.1 Å². The number of rotatable bonds is 5. The number of halogens is 3. The highest BCUT2D eigenvalue weighted by Crippen LogP contribution is 2.48. The minimum absolute atomic E-state index is 0.0357. The minimum atomic E-state index is -4.38.